The van der Waals surface area contributed by atoms with Gasteiger partial charge in [0.1, 0.15) is 11.8 Å². The Morgan fingerprint density at radius 1 is 1.36 bits per heavy atom. The molecule has 7 nitrogen and oxygen atoms in total. The van der Waals surface area contributed by atoms with Crippen LogP contribution in [0.1, 0.15) is 36.8 Å². The van der Waals surface area contributed by atoms with E-state index in [-0.39, 0.29) is 11.5 Å². The quantitative estimate of drug-likeness (QED) is 0.729. The lowest BCUT2D eigenvalue weighted by Gasteiger charge is -2.17. The van der Waals surface area contributed by atoms with Crippen LogP contribution in [0.4, 0.5) is 5.69 Å². The molecule has 2 aromatic heterocycles. The molecule has 0 fully saturated rings. The molecule has 0 spiro atoms. The van der Waals surface area contributed by atoms with Crippen molar-refractivity contribution in [1.82, 2.24) is 15.0 Å². The van der Waals surface area contributed by atoms with Crippen LogP contribution in [0.15, 0.2) is 29.1 Å². The Morgan fingerprint density at radius 3 is 2.82 bits per heavy atom. The van der Waals surface area contributed by atoms with Crippen LogP contribution in [0.5, 0.6) is 5.75 Å². The van der Waals surface area contributed by atoms with Gasteiger partial charge in [0.15, 0.2) is 4.83 Å². The molecule has 28 heavy (non-hydrogen) atoms. The minimum Gasteiger partial charge on any atom is -0.497 e. The zero-order chi connectivity index (χ0) is 19.8. The summed E-state index contributed by atoms with van der Waals surface area (Å²) in [6.07, 6.45) is 2.92. The normalized spacial score (nSPS) is 17.2. The van der Waals surface area contributed by atoms with Crippen LogP contribution in [0, 0.1) is 5.92 Å². The monoisotopic (exact) mass is 398 g/mol. The third kappa shape index (κ3) is 3.28. The fraction of sp³-hybridized carbons (Fsp3) is 0.400. The molecule has 0 saturated heterocycles. The Labute approximate surface area is 166 Å². The lowest BCUT2D eigenvalue weighted by Crippen LogP contribution is -2.34. The van der Waals surface area contributed by atoms with Crippen molar-refractivity contribution in [3.8, 4) is 5.75 Å². The number of carbonyl (C=O) groups is 1. The molecule has 0 radical (unpaired) electrons. The number of fused-ring (bicyclic) bond motifs is 3. The van der Waals surface area contributed by atoms with Crippen molar-refractivity contribution in [2.24, 2.45) is 5.92 Å². The topological polar surface area (TPSA) is 86.1 Å². The Hall–Kier alpha value is -2.74. The van der Waals surface area contributed by atoms with Crippen molar-refractivity contribution in [3.05, 3.63) is 45.1 Å². The average molecular weight is 398 g/mol. The van der Waals surface area contributed by atoms with E-state index >= 15 is 0 Å². The first-order valence-electron chi connectivity index (χ1n) is 9.32. The highest BCUT2D eigenvalue weighted by Gasteiger charge is 2.26. The smallest absolute Gasteiger partial charge is 0.279 e. The SMILES string of the molecule is COc1ccc(NC(=O)[C@H](C)n2nnc3sc4c(c3c2=O)CC[C@H](C)C4)cc1. The number of aryl methyl sites for hydroxylation is 1. The standard InChI is InChI=1S/C20H22N4O3S/c1-11-4-9-15-16(10-11)28-19-17(15)20(26)24(23-22-19)12(2)18(25)21-13-5-7-14(27-3)8-6-13/h5-8,11-12H,4,9-10H2,1-3H3,(H,21,25)/t11-,12-/m0/s1. The van der Waals surface area contributed by atoms with Crippen LogP contribution in [0.3, 0.4) is 0 Å². The first-order valence-corrected chi connectivity index (χ1v) is 10.1. The van der Waals surface area contributed by atoms with Crippen LogP contribution in [0.2, 0.25) is 0 Å². The summed E-state index contributed by atoms with van der Waals surface area (Å²) in [7, 11) is 1.58. The van der Waals surface area contributed by atoms with Gasteiger partial charge in [0, 0.05) is 10.6 Å². The van der Waals surface area contributed by atoms with Gasteiger partial charge in [-0.1, -0.05) is 12.1 Å². The second-order valence-electron chi connectivity index (χ2n) is 7.26. The van der Waals surface area contributed by atoms with Gasteiger partial charge in [-0.3, -0.25) is 9.59 Å². The van der Waals surface area contributed by atoms with Crippen molar-refractivity contribution in [3.63, 3.8) is 0 Å². The molecule has 3 aromatic rings. The predicted molar refractivity (Wildman–Crippen MR) is 109 cm³/mol. The Bertz CT molecular complexity index is 1090. The predicted octanol–water partition coefficient (Wildman–Crippen LogP) is 3.19. The Balaban J connectivity index is 1.63. The number of hydrogen-bond donors (Lipinski definition) is 1. The number of anilines is 1. The third-order valence-electron chi connectivity index (χ3n) is 5.25. The van der Waals surface area contributed by atoms with Crippen LogP contribution in [0.25, 0.3) is 10.2 Å². The van der Waals surface area contributed by atoms with Gasteiger partial charge in [0.05, 0.1) is 12.5 Å². The van der Waals surface area contributed by atoms with E-state index < -0.39 is 6.04 Å². The van der Waals surface area contributed by atoms with E-state index in [4.69, 9.17) is 4.74 Å². The zero-order valence-corrected chi connectivity index (χ0v) is 16.9. The number of aromatic nitrogens is 3. The number of benzene rings is 1. The minimum atomic E-state index is -0.774. The maximum atomic E-state index is 13.1. The van der Waals surface area contributed by atoms with Crippen LogP contribution < -0.4 is 15.6 Å². The molecule has 8 heteroatoms. The Morgan fingerprint density at radius 2 is 2.11 bits per heavy atom. The average Bonchev–Trinajstić information content (AvgIpc) is 3.06. The molecule has 2 heterocycles. The summed E-state index contributed by atoms with van der Waals surface area (Å²) in [6, 6.07) is 6.24. The number of rotatable bonds is 4. The summed E-state index contributed by atoms with van der Waals surface area (Å²) in [5.41, 5.74) is 1.48. The van der Waals surface area contributed by atoms with Gasteiger partial charge in [-0.05, 0) is 61.9 Å². The highest BCUT2D eigenvalue weighted by molar-refractivity contribution is 7.18. The number of nitrogens with zero attached hydrogens (tertiary/aromatic N) is 3. The van der Waals surface area contributed by atoms with E-state index in [1.807, 2.05) is 0 Å². The lowest BCUT2D eigenvalue weighted by atomic mass is 9.89. The van der Waals surface area contributed by atoms with Crippen LogP contribution in [-0.2, 0) is 17.6 Å². The summed E-state index contributed by atoms with van der Waals surface area (Å²) < 4.78 is 6.30. The molecule has 1 aliphatic rings. The number of thiophene rings is 1. The molecule has 1 aliphatic carbocycles. The van der Waals surface area contributed by atoms with E-state index in [0.717, 1.165) is 24.8 Å². The van der Waals surface area contributed by atoms with E-state index in [0.29, 0.717) is 27.6 Å². The van der Waals surface area contributed by atoms with E-state index in [1.165, 1.54) is 9.56 Å². The molecular formula is C20H22N4O3S. The van der Waals surface area contributed by atoms with Crippen molar-refractivity contribution >= 4 is 33.1 Å². The molecule has 1 amide bonds. The van der Waals surface area contributed by atoms with Gasteiger partial charge in [-0.2, -0.15) is 4.68 Å². The fourth-order valence-corrected chi connectivity index (χ4v) is 4.88. The van der Waals surface area contributed by atoms with Crippen LogP contribution in [-0.4, -0.2) is 28.0 Å². The molecule has 0 aliphatic heterocycles. The number of nitrogens with one attached hydrogen (secondary N) is 1. The summed E-state index contributed by atoms with van der Waals surface area (Å²) in [5.74, 6) is 0.999. The van der Waals surface area contributed by atoms with E-state index in [1.54, 1.807) is 49.6 Å². The van der Waals surface area contributed by atoms with Gasteiger partial charge in [0.2, 0.25) is 5.91 Å². The molecule has 0 saturated carbocycles. The number of hydrogen-bond acceptors (Lipinski definition) is 6. The number of ether oxygens (including phenoxy) is 1. The van der Waals surface area contributed by atoms with Crippen molar-refractivity contribution in [2.45, 2.75) is 39.2 Å². The molecule has 4 rings (SSSR count). The summed E-state index contributed by atoms with van der Waals surface area (Å²) >= 11 is 1.55. The summed E-state index contributed by atoms with van der Waals surface area (Å²) in [6.45, 7) is 3.88. The molecule has 0 unspecified atom stereocenters. The van der Waals surface area contributed by atoms with Gasteiger partial charge < -0.3 is 10.1 Å². The summed E-state index contributed by atoms with van der Waals surface area (Å²) in [5, 5.41) is 11.7. The maximum absolute atomic E-state index is 13.1. The van der Waals surface area contributed by atoms with E-state index in [2.05, 4.69) is 22.6 Å². The van der Waals surface area contributed by atoms with Crippen molar-refractivity contribution < 1.29 is 9.53 Å². The van der Waals surface area contributed by atoms with Crippen LogP contribution >= 0.6 is 11.3 Å². The molecule has 0 bridgehead atoms. The third-order valence-corrected chi connectivity index (χ3v) is 6.39. The largest absolute Gasteiger partial charge is 0.497 e. The molecule has 1 N–H and O–H groups in total. The van der Waals surface area contributed by atoms with Gasteiger partial charge in [-0.25, -0.2) is 0 Å². The fourth-order valence-electron chi connectivity index (χ4n) is 3.56. The lowest BCUT2D eigenvalue weighted by molar-refractivity contribution is -0.119. The minimum absolute atomic E-state index is 0.241. The molecular weight excluding hydrogens is 376 g/mol. The van der Waals surface area contributed by atoms with Gasteiger partial charge in [0.25, 0.3) is 5.56 Å². The number of amides is 1. The zero-order valence-electron chi connectivity index (χ0n) is 16.1. The highest BCUT2D eigenvalue weighted by Crippen LogP contribution is 2.35. The summed E-state index contributed by atoms with van der Waals surface area (Å²) in [4.78, 5) is 27.7. The number of carbonyl (C=O) groups excluding carboxylic acids is 1. The second kappa shape index (κ2) is 7.35. The van der Waals surface area contributed by atoms with Crippen molar-refractivity contribution in [1.29, 1.82) is 0 Å². The number of methoxy groups -OCH3 is 1. The first kappa shape index (κ1) is 18.6. The Kier molecular flexibility index (Phi) is 4.89. The maximum Gasteiger partial charge on any atom is 0.279 e. The molecule has 146 valence electrons. The van der Waals surface area contributed by atoms with E-state index in [9.17, 15) is 9.59 Å². The first-order chi connectivity index (χ1) is 13.5. The van der Waals surface area contributed by atoms with Gasteiger partial charge >= 0.3 is 0 Å². The second-order valence-corrected chi connectivity index (χ2v) is 8.35. The molecule has 1 aromatic carbocycles. The van der Waals surface area contributed by atoms with Crippen molar-refractivity contribution in [2.75, 3.05) is 12.4 Å². The molecule has 2 atom stereocenters. The highest BCUT2D eigenvalue weighted by atomic mass is 32.1. The van der Waals surface area contributed by atoms with Gasteiger partial charge in [-0.15, -0.1) is 16.4 Å².